The largest absolute Gasteiger partial charge is 0.393 e. The van der Waals surface area contributed by atoms with E-state index in [-0.39, 0.29) is 41.9 Å². The Hall–Kier alpha value is -0.550. The van der Waals surface area contributed by atoms with Crippen molar-refractivity contribution in [2.75, 3.05) is 0 Å². The van der Waals surface area contributed by atoms with E-state index in [9.17, 15) is 23.8 Å². The van der Waals surface area contributed by atoms with Gasteiger partial charge >= 0.3 is 0 Å². The lowest BCUT2D eigenvalue weighted by Gasteiger charge is -2.61. The average Bonchev–Trinajstić information content (AvgIpc) is 2.67. The highest BCUT2D eigenvalue weighted by atomic mass is 19.3. The molecule has 0 heterocycles. The van der Waals surface area contributed by atoms with Gasteiger partial charge in [-0.15, -0.1) is 0 Å². The maximum atomic E-state index is 14.7. The van der Waals surface area contributed by atoms with Gasteiger partial charge in [-0.05, 0) is 61.2 Å². The van der Waals surface area contributed by atoms with Crippen molar-refractivity contribution >= 4 is 5.78 Å². The first-order valence-corrected chi connectivity index (χ1v) is 9.37. The number of rotatable bonds is 0. The number of carbonyl (C=O) groups is 1. The Balaban J connectivity index is 1.72. The Morgan fingerprint density at radius 3 is 2.58 bits per heavy atom. The van der Waals surface area contributed by atoms with Gasteiger partial charge in [0, 0.05) is 18.3 Å². The van der Waals surface area contributed by atoms with Crippen LogP contribution in [0.2, 0.25) is 0 Å². The van der Waals surface area contributed by atoms with E-state index in [1.165, 1.54) is 0 Å². The smallest absolute Gasteiger partial charge is 0.279 e. The van der Waals surface area contributed by atoms with E-state index in [4.69, 9.17) is 0 Å². The van der Waals surface area contributed by atoms with Crippen LogP contribution in [0.15, 0.2) is 0 Å². The number of halogens is 2. The second kappa shape index (κ2) is 5.00. The van der Waals surface area contributed by atoms with Gasteiger partial charge in [0.05, 0.1) is 6.10 Å². The normalized spacial score (nSPS) is 56.3. The molecule has 0 saturated heterocycles. The van der Waals surface area contributed by atoms with E-state index in [0.29, 0.717) is 18.6 Å². The topological polar surface area (TPSA) is 57.5 Å². The first kappa shape index (κ1) is 16.9. The van der Waals surface area contributed by atoms with Crippen LogP contribution in [0.25, 0.3) is 0 Å². The van der Waals surface area contributed by atoms with Crippen LogP contribution in [-0.4, -0.2) is 34.1 Å². The van der Waals surface area contributed by atoms with E-state index < -0.39 is 23.5 Å². The van der Waals surface area contributed by atoms with Gasteiger partial charge in [-0.2, -0.15) is 0 Å². The molecule has 0 aromatic heterocycles. The number of aliphatic hydroxyl groups excluding tert-OH is 2. The molecular formula is C19H28F2O3. The predicted octanol–water partition coefficient (Wildman–Crippen LogP) is 3.18. The minimum absolute atomic E-state index is 0.0243. The fraction of sp³-hybridized carbons (Fsp3) is 0.947. The van der Waals surface area contributed by atoms with Gasteiger partial charge in [-0.1, -0.05) is 13.8 Å². The molecule has 4 saturated carbocycles. The number of fused-ring (bicyclic) bond motifs is 5. The molecule has 0 aromatic carbocycles. The standard InChI is InChI=1S/C19H28F2O3/c1-17-6-5-11(22)7-10(17)3-4-12-13-8-15(24)19(20,21)18(13,2)9-14(23)16(12)17/h10,12-16,23-24H,3-9H2,1-2H3/t10-,12-,13-,14+,15-,16+,17-,18-/m0/s1. The zero-order valence-electron chi connectivity index (χ0n) is 14.5. The SMILES string of the molecule is C[C@]12CCC(=O)C[C@@H]1CC[C@@H]1[C@@H]2[C@H](O)C[C@@]2(C)[C@H]1C[C@H](O)C2(F)F. The Bertz CT molecular complexity index is 565. The summed E-state index contributed by atoms with van der Waals surface area (Å²) in [5, 5.41) is 20.9. The third-order valence-corrected chi connectivity index (χ3v) is 8.46. The molecule has 5 heteroatoms. The molecule has 0 aromatic rings. The van der Waals surface area contributed by atoms with Crippen LogP contribution in [0, 0.1) is 34.5 Å². The van der Waals surface area contributed by atoms with Gasteiger partial charge in [0.15, 0.2) is 0 Å². The number of hydrogen-bond donors (Lipinski definition) is 2. The Kier molecular flexibility index (Phi) is 3.52. The molecule has 136 valence electrons. The zero-order valence-corrected chi connectivity index (χ0v) is 14.5. The summed E-state index contributed by atoms with van der Waals surface area (Å²) in [6, 6.07) is 0. The number of hydrogen-bond acceptors (Lipinski definition) is 3. The van der Waals surface area contributed by atoms with Crippen molar-refractivity contribution in [2.45, 2.75) is 76.9 Å². The third-order valence-electron chi connectivity index (χ3n) is 8.46. The molecule has 0 bridgehead atoms. The predicted molar refractivity (Wildman–Crippen MR) is 84.5 cm³/mol. The number of alkyl halides is 2. The molecular weight excluding hydrogens is 314 g/mol. The summed E-state index contributed by atoms with van der Waals surface area (Å²) < 4.78 is 29.3. The minimum atomic E-state index is -3.14. The van der Waals surface area contributed by atoms with E-state index in [1.54, 1.807) is 6.92 Å². The molecule has 3 nitrogen and oxygen atoms in total. The Labute approximate surface area is 141 Å². The van der Waals surface area contributed by atoms with Crippen molar-refractivity contribution in [3.63, 3.8) is 0 Å². The van der Waals surface area contributed by atoms with Crippen LogP contribution in [0.1, 0.15) is 58.8 Å². The number of aliphatic hydroxyl groups is 2. The van der Waals surface area contributed by atoms with E-state index in [0.717, 1.165) is 19.3 Å². The van der Waals surface area contributed by atoms with Crippen LogP contribution >= 0.6 is 0 Å². The van der Waals surface area contributed by atoms with E-state index in [2.05, 4.69) is 6.92 Å². The van der Waals surface area contributed by atoms with Crippen molar-refractivity contribution in [1.29, 1.82) is 0 Å². The molecule has 0 spiro atoms. The monoisotopic (exact) mass is 342 g/mol. The van der Waals surface area contributed by atoms with Crippen LogP contribution in [-0.2, 0) is 4.79 Å². The Morgan fingerprint density at radius 1 is 1.17 bits per heavy atom. The summed E-state index contributed by atoms with van der Waals surface area (Å²) in [5.74, 6) is -2.81. The molecule has 0 unspecified atom stereocenters. The van der Waals surface area contributed by atoms with Gasteiger partial charge in [0.2, 0.25) is 0 Å². The minimum Gasteiger partial charge on any atom is -0.393 e. The van der Waals surface area contributed by atoms with Crippen LogP contribution in [0.4, 0.5) is 8.78 Å². The highest BCUT2D eigenvalue weighted by Crippen LogP contribution is 2.69. The lowest BCUT2D eigenvalue weighted by atomic mass is 9.44. The van der Waals surface area contributed by atoms with Crippen LogP contribution in [0.5, 0.6) is 0 Å². The van der Waals surface area contributed by atoms with Crippen LogP contribution < -0.4 is 0 Å². The van der Waals surface area contributed by atoms with Crippen molar-refractivity contribution in [2.24, 2.45) is 34.5 Å². The molecule has 4 aliphatic carbocycles. The Morgan fingerprint density at radius 2 is 1.88 bits per heavy atom. The summed E-state index contributed by atoms with van der Waals surface area (Å²) in [4.78, 5) is 11.9. The summed E-state index contributed by atoms with van der Waals surface area (Å²) in [6.45, 7) is 3.72. The molecule has 4 fully saturated rings. The molecule has 8 atom stereocenters. The number of ketones is 1. The van der Waals surface area contributed by atoms with E-state index in [1.807, 2.05) is 0 Å². The summed E-state index contributed by atoms with van der Waals surface area (Å²) >= 11 is 0. The molecule has 4 aliphatic rings. The van der Waals surface area contributed by atoms with Crippen molar-refractivity contribution in [3.05, 3.63) is 0 Å². The quantitative estimate of drug-likeness (QED) is 0.711. The average molecular weight is 342 g/mol. The van der Waals surface area contributed by atoms with Crippen molar-refractivity contribution in [3.8, 4) is 0 Å². The zero-order chi connectivity index (χ0) is 17.5. The number of Topliss-reactive ketones (excluding diaryl/α,β-unsaturated/α-hetero) is 1. The molecule has 4 rings (SSSR count). The maximum Gasteiger partial charge on any atom is 0.279 e. The van der Waals surface area contributed by atoms with Gasteiger partial charge in [-0.3, -0.25) is 4.79 Å². The fourth-order valence-electron chi connectivity index (χ4n) is 7.10. The second-order valence-electron chi connectivity index (χ2n) is 9.38. The number of carbonyl (C=O) groups excluding carboxylic acids is 1. The summed E-state index contributed by atoms with van der Waals surface area (Å²) in [7, 11) is 0. The second-order valence-corrected chi connectivity index (χ2v) is 9.38. The lowest BCUT2D eigenvalue weighted by Crippen LogP contribution is -2.60. The van der Waals surface area contributed by atoms with Crippen LogP contribution in [0.3, 0.4) is 0 Å². The fourth-order valence-corrected chi connectivity index (χ4v) is 7.10. The van der Waals surface area contributed by atoms with Crippen molar-refractivity contribution in [1.82, 2.24) is 0 Å². The highest BCUT2D eigenvalue weighted by molar-refractivity contribution is 5.79. The lowest BCUT2D eigenvalue weighted by molar-refractivity contribution is -0.219. The van der Waals surface area contributed by atoms with Gasteiger partial charge < -0.3 is 10.2 Å². The molecule has 2 N–H and O–H groups in total. The molecule has 0 radical (unpaired) electrons. The third kappa shape index (κ3) is 1.91. The maximum absolute atomic E-state index is 14.7. The highest BCUT2D eigenvalue weighted by Gasteiger charge is 2.71. The molecule has 0 aliphatic heterocycles. The van der Waals surface area contributed by atoms with Crippen molar-refractivity contribution < 1.29 is 23.8 Å². The molecule has 24 heavy (non-hydrogen) atoms. The van der Waals surface area contributed by atoms with Gasteiger partial charge in [0.25, 0.3) is 5.92 Å². The van der Waals surface area contributed by atoms with Gasteiger partial charge in [0.1, 0.15) is 11.9 Å². The summed E-state index contributed by atoms with van der Waals surface area (Å²) in [6.07, 6.45) is 1.37. The summed E-state index contributed by atoms with van der Waals surface area (Å²) in [5.41, 5.74) is -1.46. The molecule has 0 amide bonds. The first-order valence-electron chi connectivity index (χ1n) is 9.37. The van der Waals surface area contributed by atoms with Gasteiger partial charge in [-0.25, -0.2) is 8.78 Å². The van der Waals surface area contributed by atoms with E-state index >= 15 is 0 Å². The first-order chi connectivity index (χ1) is 11.1.